The van der Waals surface area contributed by atoms with Gasteiger partial charge in [-0.15, -0.1) is 5.10 Å². The second-order valence-electron chi connectivity index (χ2n) is 6.77. The predicted octanol–water partition coefficient (Wildman–Crippen LogP) is 4.05. The molecule has 4 rings (SSSR count). The van der Waals surface area contributed by atoms with Gasteiger partial charge >= 0.3 is 0 Å². The summed E-state index contributed by atoms with van der Waals surface area (Å²) < 4.78 is 14.8. The molecule has 9 heteroatoms. The quantitative estimate of drug-likeness (QED) is 0.427. The van der Waals surface area contributed by atoms with E-state index in [1.54, 1.807) is 65.6 Å². The first-order valence-corrected chi connectivity index (χ1v) is 9.82. The van der Waals surface area contributed by atoms with Gasteiger partial charge in [-0.3, -0.25) is 9.78 Å². The van der Waals surface area contributed by atoms with Gasteiger partial charge in [-0.1, -0.05) is 28.9 Å². The van der Waals surface area contributed by atoms with Gasteiger partial charge in [0, 0.05) is 23.1 Å². The second kappa shape index (κ2) is 9.36. The lowest BCUT2D eigenvalue weighted by molar-refractivity contribution is 0.0940. The molecule has 0 aliphatic rings. The van der Waals surface area contributed by atoms with Crippen molar-refractivity contribution in [2.75, 3.05) is 5.32 Å². The van der Waals surface area contributed by atoms with Crippen molar-refractivity contribution in [3.05, 3.63) is 107 Å². The molecule has 2 N–H and O–H groups in total. The smallest absolute Gasteiger partial charge is 0.254 e. The number of hydrogen-bond acceptors (Lipinski definition) is 5. The molecule has 0 fully saturated rings. The molecule has 2 heterocycles. The number of nitrogens with zero attached hydrogens (tertiary/aromatic N) is 4. The van der Waals surface area contributed by atoms with Crippen molar-refractivity contribution in [2.45, 2.75) is 12.7 Å². The van der Waals surface area contributed by atoms with Gasteiger partial charge in [-0.2, -0.15) is 0 Å². The van der Waals surface area contributed by atoms with Crippen LogP contribution in [0.25, 0.3) is 0 Å². The summed E-state index contributed by atoms with van der Waals surface area (Å²) in [5.74, 6) is -0.610. The van der Waals surface area contributed by atoms with E-state index in [4.69, 9.17) is 11.6 Å². The van der Waals surface area contributed by atoms with Crippen molar-refractivity contribution in [3.8, 4) is 0 Å². The van der Waals surface area contributed by atoms with Gasteiger partial charge in [0.15, 0.2) is 0 Å². The maximum Gasteiger partial charge on any atom is 0.254 e. The highest BCUT2D eigenvalue weighted by Gasteiger charge is 2.19. The van der Waals surface area contributed by atoms with E-state index in [0.29, 0.717) is 22.8 Å². The molecule has 0 aliphatic carbocycles. The fraction of sp³-hybridized carbons (Fsp3) is 0.0909. The van der Waals surface area contributed by atoms with Crippen molar-refractivity contribution in [1.29, 1.82) is 0 Å². The zero-order chi connectivity index (χ0) is 21.6. The number of hydrogen-bond donors (Lipinski definition) is 2. The Labute approximate surface area is 182 Å². The average Bonchev–Trinajstić information content (AvgIpc) is 3.25. The summed E-state index contributed by atoms with van der Waals surface area (Å²) >= 11 is 5.97. The highest BCUT2D eigenvalue weighted by atomic mass is 35.5. The molecule has 2 aromatic heterocycles. The standard InChI is InChI=1S/C22H18ClFN6O/c23-17-5-9-19(10-6-17)26-21(27-22(31)16-2-1-11-25-12-16)20-14-30(29-28-20)13-15-3-7-18(24)8-4-15/h1-12,14,21,26H,13H2,(H,27,31). The van der Waals surface area contributed by atoms with Crippen LogP contribution in [0.2, 0.25) is 5.02 Å². The molecule has 7 nitrogen and oxygen atoms in total. The van der Waals surface area contributed by atoms with Crippen LogP contribution >= 0.6 is 11.6 Å². The van der Waals surface area contributed by atoms with E-state index in [-0.39, 0.29) is 11.7 Å². The Kier molecular flexibility index (Phi) is 6.18. The summed E-state index contributed by atoms with van der Waals surface area (Å²) in [5.41, 5.74) is 2.55. The first-order valence-electron chi connectivity index (χ1n) is 9.44. The number of anilines is 1. The molecular formula is C22H18ClFN6O. The molecule has 0 saturated heterocycles. The molecule has 0 radical (unpaired) electrons. The third-order valence-corrected chi connectivity index (χ3v) is 4.72. The van der Waals surface area contributed by atoms with E-state index in [2.05, 4.69) is 25.9 Å². The molecule has 0 bridgehead atoms. The minimum Gasteiger partial charge on any atom is -0.360 e. The molecule has 156 valence electrons. The average molecular weight is 437 g/mol. The van der Waals surface area contributed by atoms with Crippen LogP contribution in [0.5, 0.6) is 0 Å². The number of aromatic nitrogens is 4. The monoisotopic (exact) mass is 436 g/mol. The summed E-state index contributed by atoms with van der Waals surface area (Å²) in [4.78, 5) is 16.7. The number of carbonyl (C=O) groups is 1. The van der Waals surface area contributed by atoms with Crippen molar-refractivity contribution < 1.29 is 9.18 Å². The van der Waals surface area contributed by atoms with Crippen molar-refractivity contribution in [1.82, 2.24) is 25.3 Å². The molecule has 0 saturated carbocycles. The van der Waals surface area contributed by atoms with E-state index in [1.165, 1.54) is 18.3 Å². The van der Waals surface area contributed by atoms with Crippen LogP contribution in [-0.2, 0) is 6.54 Å². The highest BCUT2D eigenvalue weighted by molar-refractivity contribution is 6.30. The predicted molar refractivity (Wildman–Crippen MR) is 115 cm³/mol. The van der Waals surface area contributed by atoms with E-state index >= 15 is 0 Å². The normalized spacial score (nSPS) is 11.7. The lowest BCUT2D eigenvalue weighted by Gasteiger charge is -2.19. The van der Waals surface area contributed by atoms with E-state index < -0.39 is 6.17 Å². The van der Waals surface area contributed by atoms with Crippen LogP contribution in [0.3, 0.4) is 0 Å². The maximum absolute atomic E-state index is 13.1. The van der Waals surface area contributed by atoms with Gasteiger partial charge in [-0.05, 0) is 54.1 Å². The Bertz CT molecular complexity index is 1150. The second-order valence-corrected chi connectivity index (χ2v) is 7.20. The van der Waals surface area contributed by atoms with Crippen molar-refractivity contribution in [2.24, 2.45) is 0 Å². The first kappa shape index (κ1) is 20.5. The molecule has 0 spiro atoms. The van der Waals surface area contributed by atoms with Gasteiger partial charge in [-0.25, -0.2) is 9.07 Å². The van der Waals surface area contributed by atoms with E-state index in [0.717, 1.165) is 11.3 Å². The molecule has 0 aliphatic heterocycles. The van der Waals surface area contributed by atoms with E-state index in [1.807, 2.05) is 0 Å². The minimum absolute atomic E-state index is 0.298. The topological polar surface area (TPSA) is 84.7 Å². The lowest BCUT2D eigenvalue weighted by atomic mass is 10.2. The SMILES string of the molecule is O=C(NC(Nc1ccc(Cl)cc1)c1cn(Cc2ccc(F)cc2)nn1)c1cccnc1. The third kappa shape index (κ3) is 5.43. The summed E-state index contributed by atoms with van der Waals surface area (Å²) in [7, 11) is 0. The van der Waals surface area contributed by atoms with Gasteiger partial charge in [0.25, 0.3) is 5.91 Å². The highest BCUT2D eigenvalue weighted by Crippen LogP contribution is 2.19. The van der Waals surface area contributed by atoms with Gasteiger partial charge in [0.05, 0.1) is 18.3 Å². The molecular weight excluding hydrogens is 419 g/mol. The number of benzene rings is 2. The third-order valence-electron chi connectivity index (χ3n) is 4.46. The molecule has 4 aromatic rings. The molecule has 2 aromatic carbocycles. The van der Waals surface area contributed by atoms with Gasteiger partial charge in [0.1, 0.15) is 17.7 Å². The Balaban J connectivity index is 1.55. The van der Waals surface area contributed by atoms with Gasteiger partial charge in [0.2, 0.25) is 0 Å². The van der Waals surface area contributed by atoms with Crippen LogP contribution < -0.4 is 10.6 Å². The summed E-state index contributed by atoms with van der Waals surface area (Å²) in [6, 6.07) is 16.6. The maximum atomic E-state index is 13.1. The number of pyridine rings is 1. The lowest BCUT2D eigenvalue weighted by Crippen LogP contribution is -2.33. The zero-order valence-corrected chi connectivity index (χ0v) is 17.0. The summed E-state index contributed by atoms with van der Waals surface area (Å²) in [6.45, 7) is 0.414. The van der Waals surface area contributed by atoms with Crippen molar-refractivity contribution in [3.63, 3.8) is 0 Å². The number of carbonyl (C=O) groups excluding carboxylic acids is 1. The largest absolute Gasteiger partial charge is 0.360 e. The minimum atomic E-state index is -0.657. The summed E-state index contributed by atoms with van der Waals surface area (Å²) in [6.07, 6.45) is 4.15. The number of nitrogens with one attached hydrogen (secondary N) is 2. The number of halogens is 2. The summed E-state index contributed by atoms with van der Waals surface area (Å²) in [5, 5.41) is 15.1. The fourth-order valence-corrected chi connectivity index (χ4v) is 3.03. The Hall–Kier alpha value is -3.78. The van der Waals surface area contributed by atoms with Crippen molar-refractivity contribution >= 4 is 23.2 Å². The van der Waals surface area contributed by atoms with Gasteiger partial charge < -0.3 is 10.6 Å². The van der Waals surface area contributed by atoms with Crippen LogP contribution in [0.1, 0.15) is 27.8 Å². The number of amides is 1. The zero-order valence-electron chi connectivity index (χ0n) is 16.2. The number of rotatable bonds is 7. The first-order chi connectivity index (χ1) is 15.1. The van der Waals surface area contributed by atoms with Crippen LogP contribution in [0, 0.1) is 5.82 Å². The Morgan fingerprint density at radius 2 is 1.87 bits per heavy atom. The van der Waals surface area contributed by atoms with Crippen LogP contribution in [0.15, 0.2) is 79.3 Å². The Morgan fingerprint density at radius 1 is 1.10 bits per heavy atom. The molecule has 1 unspecified atom stereocenters. The molecule has 1 amide bonds. The molecule has 1 atom stereocenters. The van der Waals surface area contributed by atoms with Crippen LogP contribution in [0.4, 0.5) is 10.1 Å². The van der Waals surface area contributed by atoms with E-state index in [9.17, 15) is 9.18 Å². The fourth-order valence-electron chi connectivity index (χ4n) is 2.91. The molecule has 31 heavy (non-hydrogen) atoms. The van der Waals surface area contributed by atoms with Crippen LogP contribution in [-0.4, -0.2) is 25.9 Å². The Morgan fingerprint density at radius 3 is 2.58 bits per heavy atom.